The molecule has 7 heteroatoms. The number of para-hydroxylation sites is 2. The van der Waals surface area contributed by atoms with Gasteiger partial charge in [-0.25, -0.2) is 9.37 Å². The van der Waals surface area contributed by atoms with Gasteiger partial charge in [-0.05, 0) is 30.7 Å². The van der Waals surface area contributed by atoms with Gasteiger partial charge in [-0.2, -0.15) is 0 Å². The topological polar surface area (TPSA) is 58.4 Å². The summed E-state index contributed by atoms with van der Waals surface area (Å²) in [6.45, 7) is 4.47. The average Bonchev–Trinajstić information content (AvgIpc) is 2.74. The molecule has 0 atom stereocenters. The Kier molecular flexibility index (Phi) is 5.29. The Balaban J connectivity index is 1.37. The Hall–Kier alpha value is -3.22. The second-order valence-electron chi connectivity index (χ2n) is 7.28. The quantitative estimate of drug-likeness (QED) is 0.683. The Morgan fingerprint density at radius 3 is 2.59 bits per heavy atom. The van der Waals surface area contributed by atoms with Crippen LogP contribution in [0.5, 0.6) is 0 Å². The number of aromatic nitrogens is 2. The average molecular weight is 394 g/mol. The van der Waals surface area contributed by atoms with Crippen molar-refractivity contribution in [3.8, 4) is 0 Å². The lowest BCUT2D eigenvalue weighted by molar-refractivity contribution is -0.131. The van der Waals surface area contributed by atoms with E-state index in [2.05, 4.69) is 4.98 Å². The van der Waals surface area contributed by atoms with Crippen molar-refractivity contribution in [3.63, 3.8) is 0 Å². The van der Waals surface area contributed by atoms with Crippen LogP contribution in [0.3, 0.4) is 0 Å². The molecule has 0 saturated carbocycles. The zero-order valence-corrected chi connectivity index (χ0v) is 16.3. The highest BCUT2D eigenvalue weighted by atomic mass is 19.1. The van der Waals surface area contributed by atoms with Crippen LogP contribution in [0.4, 0.5) is 10.1 Å². The van der Waals surface area contributed by atoms with Crippen LogP contribution < -0.4 is 10.5 Å². The first-order chi connectivity index (χ1) is 14.0. The van der Waals surface area contributed by atoms with Gasteiger partial charge in [-0.1, -0.05) is 24.3 Å². The van der Waals surface area contributed by atoms with Crippen molar-refractivity contribution < 1.29 is 9.18 Å². The number of amides is 1. The highest BCUT2D eigenvalue weighted by molar-refractivity contribution is 5.80. The molecule has 2 heterocycles. The molecule has 1 aromatic heterocycles. The van der Waals surface area contributed by atoms with Crippen LogP contribution in [0, 0.1) is 12.7 Å². The van der Waals surface area contributed by atoms with Crippen molar-refractivity contribution in [2.45, 2.75) is 19.9 Å². The number of hydrogen-bond acceptors (Lipinski definition) is 4. The zero-order chi connectivity index (χ0) is 20.4. The number of anilines is 1. The summed E-state index contributed by atoms with van der Waals surface area (Å²) < 4.78 is 15.4. The third-order valence-corrected chi connectivity index (χ3v) is 5.45. The van der Waals surface area contributed by atoms with Crippen LogP contribution in [0.25, 0.3) is 10.9 Å². The second kappa shape index (κ2) is 8.03. The number of fused-ring (bicyclic) bond motifs is 1. The van der Waals surface area contributed by atoms with Crippen molar-refractivity contribution >= 4 is 22.5 Å². The molecule has 150 valence electrons. The fourth-order valence-corrected chi connectivity index (χ4v) is 3.78. The van der Waals surface area contributed by atoms with E-state index in [0.29, 0.717) is 49.3 Å². The number of halogens is 1. The Morgan fingerprint density at radius 1 is 1.07 bits per heavy atom. The van der Waals surface area contributed by atoms with Gasteiger partial charge < -0.3 is 9.80 Å². The maximum atomic E-state index is 14.0. The summed E-state index contributed by atoms with van der Waals surface area (Å²) in [4.78, 5) is 33.4. The van der Waals surface area contributed by atoms with E-state index >= 15 is 0 Å². The Bertz CT molecular complexity index is 1100. The largest absolute Gasteiger partial charge is 0.366 e. The van der Waals surface area contributed by atoms with Crippen LogP contribution in [0.1, 0.15) is 12.0 Å². The molecule has 1 aliphatic rings. The third kappa shape index (κ3) is 3.85. The second-order valence-corrected chi connectivity index (χ2v) is 7.28. The lowest BCUT2D eigenvalue weighted by Gasteiger charge is -2.36. The molecular formula is C22H23FN4O2. The number of nitrogens with zero attached hydrogens (tertiary/aromatic N) is 4. The van der Waals surface area contributed by atoms with Gasteiger partial charge in [0.25, 0.3) is 5.56 Å². The monoisotopic (exact) mass is 394 g/mol. The van der Waals surface area contributed by atoms with E-state index in [4.69, 9.17) is 0 Å². The number of piperazine rings is 1. The predicted octanol–water partition coefficient (Wildman–Crippen LogP) is 2.58. The SMILES string of the molecule is Cc1cccc2c(=O)n(CCC(=O)N3CCN(c4ccccc4F)CC3)cnc12. The summed E-state index contributed by atoms with van der Waals surface area (Å²) in [5, 5.41) is 0.568. The summed E-state index contributed by atoms with van der Waals surface area (Å²) in [7, 11) is 0. The van der Waals surface area contributed by atoms with Crippen LogP contribution >= 0.6 is 0 Å². The number of carbonyl (C=O) groups excluding carboxylic acids is 1. The molecule has 4 rings (SSSR count). The van der Waals surface area contributed by atoms with E-state index in [1.165, 1.54) is 17.0 Å². The van der Waals surface area contributed by atoms with Gasteiger partial charge in [0.05, 0.1) is 22.9 Å². The first-order valence-corrected chi connectivity index (χ1v) is 9.76. The van der Waals surface area contributed by atoms with Crippen molar-refractivity contribution in [2.75, 3.05) is 31.1 Å². The highest BCUT2D eigenvalue weighted by Gasteiger charge is 2.22. The predicted molar refractivity (Wildman–Crippen MR) is 111 cm³/mol. The van der Waals surface area contributed by atoms with Gasteiger partial charge in [0.2, 0.25) is 5.91 Å². The van der Waals surface area contributed by atoms with E-state index in [1.807, 2.05) is 30.0 Å². The lowest BCUT2D eigenvalue weighted by atomic mass is 10.1. The minimum absolute atomic E-state index is 0.00516. The molecule has 1 aliphatic heterocycles. The van der Waals surface area contributed by atoms with Crippen LogP contribution in [0.15, 0.2) is 53.6 Å². The summed E-state index contributed by atoms with van der Waals surface area (Å²) in [6, 6.07) is 12.2. The van der Waals surface area contributed by atoms with Crippen LogP contribution in [-0.2, 0) is 11.3 Å². The Labute approximate surface area is 168 Å². The summed E-state index contributed by atoms with van der Waals surface area (Å²) in [5.74, 6) is -0.250. The number of hydrogen-bond donors (Lipinski definition) is 0. The van der Waals surface area contributed by atoms with E-state index in [9.17, 15) is 14.0 Å². The first-order valence-electron chi connectivity index (χ1n) is 9.76. The van der Waals surface area contributed by atoms with Gasteiger partial charge in [0.1, 0.15) is 5.82 Å². The number of rotatable bonds is 4. The van der Waals surface area contributed by atoms with E-state index in [0.717, 1.165) is 5.56 Å². The summed E-state index contributed by atoms with van der Waals surface area (Å²) in [6.07, 6.45) is 1.75. The molecular weight excluding hydrogens is 371 g/mol. The molecule has 29 heavy (non-hydrogen) atoms. The summed E-state index contributed by atoms with van der Waals surface area (Å²) >= 11 is 0. The molecule has 0 radical (unpaired) electrons. The molecule has 1 fully saturated rings. The third-order valence-electron chi connectivity index (χ3n) is 5.45. The molecule has 6 nitrogen and oxygen atoms in total. The normalized spacial score (nSPS) is 14.4. The Morgan fingerprint density at radius 2 is 1.83 bits per heavy atom. The van der Waals surface area contributed by atoms with Gasteiger partial charge >= 0.3 is 0 Å². The molecule has 3 aromatic rings. The molecule has 0 unspecified atom stereocenters. The molecule has 1 amide bonds. The standard InChI is InChI=1S/C22H23FN4O2/c1-16-5-4-6-17-21(16)24-15-27(22(17)29)10-9-20(28)26-13-11-25(12-14-26)19-8-3-2-7-18(19)23/h2-8,15H,9-14H2,1H3. The minimum atomic E-state index is -0.245. The van der Waals surface area contributed by atoms with Gasteiger partial charge in [-0.3, -0.25) is 14.2 Å². The number of aryl methyl sites for hydroxylation is 2. The molecule has 1 saturated heterocycles. The summed E-state index contributed by atoms with van der Waals surface area (Å²) in [5.41, 5.74) is 2.10. The molecule has 2 aromatic carbocycles. The van der Waals surface area contributed by atoms with Gasteiger partial charge in [0, 0.05) is 39.1 Å². The molecule has 0 bridgehead atoms. The number of benzene rings is 2. The zero-order valence-electron chi connectivity index (χ0n) is 16.3. The maximum Gasteiger partial charge on any atom is 0.261 e. The van der Waals surface area contributed by atoms with E-state index < -0.39 is 0 Å². The first kappa shape index (κ1) is 19.1. The fourth-order valence-electron chi connectivity index (χ4n) is 3.78. The number of carbonyl (C=O) groups is 1. The van der Waals surface area contributed by atoms with Crippen molar-refractivity contribution in [1.82, 2.24) is 14.5 Å². The van der Waals surface area contributed by atoms with E-state index in [-0.39, 0.29) is 23.7 Å². The smallest absolute Gasteiger partial charge is 0.261 e. The highest BCUT2D eigenvalue weighted by Crippen LogP contribution is 2.20. The van der Waals surface area contributed by atoms with Gasteiger partial charge in [-0.15, -0.1) is 0 Å². The molecule has 0 aliphatic carbocycles. The molecule has 0 N–H and O–H groups in total. The van der Waals surface area contributed by atoms with Crippen molar-refractivity contribution in [1.29, 1.82) is 0 Å². The van der Waals surface area contributed by atoms with Crippen molar-refractivity contribution in [2.24, 2.45) is 0 Å². The minimum Gasteiger partial charge on any atom is -0.366 e. The molecule has 0 spiro atoms. The van der Waals surface area contributed by atoms with E-state index in [1.54, 1.807) is 23.1 Å². The van der Waals surface area contributed by atoms with Crippen molar-refractivity contribution in [3.05, 3.63) is 70.5 Å². The van der Waals surface area contributed by atoms with Crippen LogP contribution in [0.2, 0.25) is 0 Å². The lowest BCUT2D eigenvalue weighted by Crippen LogP contribution is -2.49. The van der Waals surface area contributed by atoms with Crippen LogP contribution in [-0.4, -0.2) is 46.5 Å². The van der Waals surface area contributed by atoms with Gasteiger partial charge in [0.15, 0.2) is 0 Å². The maximum absolute atomic E-state index is 14.0. The fraction of sp³-hybridized carbons (Fsp3) is 0.318.